The van der Waals surface area contributed by atoms with Crippen LogP contribution in [0.1, 0.15) is 91.9 Å². The van der Waals surface area contributed by atoms with E-state index in [4.69, 9.17) is 0 Å². The fraction of sp³-hybridized carbons (Fsp3) is 0.800. The first kappa shape index (κ1) is 20.4. The van der Waals surface area contributed by atoms with E-state index >= 15 is 0 Å². The predicted molar refractivity (Wildman–Crippen MR) is 97.1 cm³/mol. The molecule has 0 unspecified atom stereocenters. The summed E-state index contributed by atoms with van der Waals surface area (Å²) in [7, 11) is 0. The third-order valence-corrected chi connectivity index (χ3v) is 4.43. The average Bonchev–Trinajstić information content (AvgIpc) is 2.52. The molecule has 21 heavy (non-hydrogen) atoms. The van der Waals surface area contributed by atoms with E-state index in [1.807, 2.05) is 0 Å². The number of allylic oxidation sites excluding steroid dienone is 2. The summed E-state index contributed by atoms with van der Waals surface area (Å²) in [5.41, 5.74) is 0. The van der Waals surface area contributed by atoms with Crippen molar-refractivity contribution >= 4 is 0 Å². The van der Waals surface area contributed by atoms with Crippen molar-refractivity contribution in [1.29, 1.82) is 0 Å². The molecule has 0 heterocycles. The molecule has 0 aromatic rings. The molecule has 0 spiro atoms. The van der Waals surface area contributed by atoms with Gasteiger partial charge in [-0.15, -0.1) is 0 Å². The second kappa shape index (κ2) is 14.4. The summed E-state index contributed by atoms with van der Waals surface area (Å²) in [4.78, 5) is 0. The van der Waals surface area contributed by atoms with Gasteiger partial charge in [0.25, 0.3) is 0 Å². The second-order valence-electron chi connectivity index (χ2n) is 6.20. The first-order chi connectivity index (χ1) is 10.2. The van der Waals surface area contributed by atoms with E-state index in [1.54, 1.807) is 0 Å². The van der Waals surface area contributed by atoms with E-state index in [9.17, 15) is 0 Å². The molecule has 0 N–H and O–H groups in total. The average molecular weight is 295 g/mol. The number of unbranched alkanes of at least 4 members (excludes halogenated alkanes) is 8. The minimum absolute atomic E-state index is 1.02. The molecular formula is C20H40N+. The van der Waals surface area contributed by atoms with Crippen LogP contribution in [0.2, 0.25) is 0 Å². The second-order valence-corrected chi connectivity index (χ2v) is 6.20. The van der Waals surface area contributed by atoms with Crippen LogP contribution in [0, 0.1) is 0 Å². The topological polar surface area (TPSA) is 0 Å². The van der Waals surface area contributed by atoms with Crippen molar-refractivity contribution in [3.05, 3.63) is 24.6 Å². The molecule has 0 aromatic carbocycles. The third-order valence-electron chi connectivity index (χ3n) is 4.43. The maximum absolute atomic E-state index is 2.43. The smallest absolute Gasteiger partial charge is 0.0963 e. The molecule has 0 rings (SSSR count). The van der Waals surface area contributed by atoms with E-state index < -0.39 is 0 Å². The monoisotopic (exact) mass is 294 g/mol. The zero-order chi connectivity index (χ0) is 15.8. The molecule has 0 amide bonds. The van der Waals surface area contributed by atoms with Gasteiger partial charge in [0, 0.05) is 0 Å². The molecule has 124 valence electrons. The lowest BCUT2D eigenvalue weighted by atomic mass is 10.1. The fourth-order valence-corrected chi connectivity index (χ4v) is 2.64. The van der Waals surface area contributed by atoms with Gasteiger partial charge in [0.2, 0.25) is 0 Å². The van der Waals surface area contributed by atoms with Crippen molar-refractivity contribution in [2.75, 3.05) is 13.1 Å². The van der Waals surface area contributed by atoms with Crippen molar-refractivity contribution in [3.8, 4) is 0 Å². The van der Waals surface area contributed by atoms with Gasteiger partial charge in [-0.05, 0) is 51.7 Å². The molecule has 0 radical (unpaired) electrons. The SMILES string of the molecule is CCCCCC/C=C/[N+](/C=C/CCCCCC)(CC)CC. The van der Waals surface area contributed by atoms with Gasteiger partial charge in [-0.25, -0.2) is 0 Å². The molecule has 0 saturated heterocycles. The highest BCUT2D eigenvalue weighted by molar-refractivity contribution is 4.82. The van der Waals surface area contributed by atoms with Gasteiger partial charge in [0.1, 0.15) is 0 Å². The van der Waals surface area contributed by atoms with Crippen molar-refractivity contribution in [3.63, 3.8) is 0 Å². The Balaban J connectivity index is 4.15. The number of hydrogen-bond acceptors (Lipinski definition) is 0. The summed E-state index contributed by atoms with van der Waals surface area (Å²) >= 11 is 0. The third kappa shape index (κ3) is 10.8. The summed E-state index contributed by atoms with van der Waals surface area (Å²) in [6, 6.07) is 0. The normalized spacial score (nSPS) is 12.8. The largest absolute Gasteiger partial charge is 0.272 e. The van der Waals surface area contributed by atoms with Crippen LogP contribution in [-0.2, 0) is 0 Å². The molecule has 0 aliphatic heterocycles. The molecule has 0 aliphatic rings. The van der Waals surface area contributed by atoms with E-state index in [0.717, 1.165) is 17.6 Å². The minimum atomic E-state index is 1.02. The quantitative estimate of drug-likeness (QED) is 0.244. The van der Waals surface area contributed by atoms with E-state index in [2.05, 4.69) is 52.2 Å². The Bertz CT molecular complexity index is 237. The molecule has 1 nitrogen and oxygen atoms in total. The van der Waals surface area contributed by atoms with Crippen LogP contribution in [-0.4, -0.2) is 17.6 Å². The number of nitrogens with zero attached hydrogens (tertiary/aromatic N) is 1. The number of quaternary nitrogens is 1. The maximum Gasteiger partial charge on any atom is 0.0963 e. The van der Waals surface area contributed by atoms with Crippen LogP contribution in [0.4, 0.5) is 0 Å². The summed E-state index contributed by atoms with van der Waals surface area (Å²) < 4.78 is 1.02. The Morgan fingerprint density at radius 2 is 1.00 bits per heavy atom. The fourth-order valence-electron chi connectivity index (χ4n) is 2.64. The van der Waals surface area contributed by atoms with Crippen molar-refractivity contribution < 1.29 is 4.48 Å². The Hall–Kier alpha value is -0.560. The molecular weight excluding hydrogens is 254 g/mol. The van der Waals surface area contributed by atoms with Crippen molar-refractivity contribution in [2.24, 2.45) is 0 Å². The zero-order valence-corrected chi connectivity index (χ0v) is 15.2. The Morgan fingerprint density at radius 1 is 0.571 bits per heavy atom. The summed E-state index contributed by atoms with van der Waals surface area (Å²) in [6.45, 7) is 11.5. The zero-order valence-electron chi connectivity index (χ0n) is 15.2. The standard InChI is InChI=1S/C20H40N/c1-5-9-11-13-15-17-19-21(7-3,8-4)20-18-16-14-12-10-6-2/h17-20H,5-16H2,1-4H3/q+1/b19-17+,20-18+. The summed E-state index contributed by atoms with van der Waals surface area (Å²) in [6.07, 6.45) is 23.0. The van der Waals surface area contributed by atoms with E-state index in [0.29, 0.717) is 0 Å². The van der Waals surface area contributed by atoms with Gasteiger partial charge < -0.3 is 0 Å². The predicted octanol–water partition coefficient (Wildman–Crippen LogP) is 6.81. The lowest BCUT2D eigenvalue weighted by Crippen LogP contribution is -2.36. The maximum atomic E-state index is 2.43. The van der Waals surface area contributed by atoms with Crippen LogP contribution in [0.15, 0.2) is 24.6 Å². The van der Waals surface area contributed by atoms with Gasteiger partial charge in [0.05, 0.1) is 25.5 Å². The van der Waals surface area contributed by atoms with Crippen LogP contribution in [0.5, 0.6) is 0 Å². The van der Waals surface area contributed by atoms with Crippen LogP contribution < -0.4 is 0 Å². The van der Waals surface area contributed by atoms with Gasteiger partial charge >= 0.3 is 0 Å². The molecule has 0 bridgehead atoms. The Labute approximate surface area is 134 Å². The van der Waals surface area contributed by atoms with Crippen LogP contribution in [0.25, 0.3) is 0 Å². The lowest BCUT2D eigenvalue weighted by Gasteiger charge is -2.28. The van der Waals surface area contributed by atoms with Crippen molar-refractivity contribution in [1.82, 2.24) is 0 Å². The highest BCUT2D eigenvalue weighted by Crippen LogP contribution is 2.13. The van der Waals surface area contributed by atoms with Crippen LogP contribution in [0.3, 0.4) is 0 Å². The molecule has 0 atom stereocenters. The first-order valence-corrected chi connectivity index (χ1v) is 9.46. The molecule has 0 aliphatic carbocycles. The van der Waals surface area contributed by atoms with Gasteiger partial charge in [-0.3, -0.25) is 4.48 Å². The first-order valence-electron chi connectivity index (χ1n) is 9.46. The molecule has 0 saturated carbocycles. The molecule has 1 heteroatoms. The lowest BCUT2D eigenvalue weighted by molar-refractivity contribution is -0.824. The van der Waals surface area contributed by atoms with E-state index in [1.165, 1.54) is 64.2 Å². The Kier molecular flexibility index (Phi) is 14.0. The minimum Gasteiger partial charge on any atom is -0.272 e. The van der Waals surface area contributed by atoms with E-state index in [-0.39, 0.29) is 0 Å². The number of hydrogen-bond donors (Lipinski definition) is 0. The van der Waals surface area contributed by atoms with Crippen LogP contribution >= 0.6 is 0 Å². The van der Waals surface area contributed by atoms with Gasteiger partial charge in [0.15, 0.2) is 0 Å². The highest BCUT2D eigenvalue weighted by atomic mass is 15.3. The Morgan fingerprint density at radius 3 is 1.33 bits per heavy atom. The molecule has 0 fully saturated rings. The summed E-state index contributed by atoms with van der Waals surface area (Å²) in [5.74, 6) is 0. The van der Waals surface area contributed by atoms with Crippen molar-refractivity contribution in [2.45, 2.75) is 91.9 Å². The van der Waals surface area contributed by atoms with Gasteiger partial charge in [-0.2, -0.15) is 0 Å². The number of rotatable bonds is 14. The highest BCUT2D eigenvalue weighted by Gasteiger charge is 2.15. The van der Waals surface area contributed by atoms with Gasteiger partial charge in [-0.1, -0.05) is 52.4 Å². The molecule has 0 aromatic heterocycles. The summed E-state index contributed by atoms with van der Waals surface area (Å²) in [5, 5.41) is 0.